The number of furan rings is 1. The molecule has 1 aliphatic heterocycles. The van der Waals surface area contributed by atoms with Gasteiger partial charge in [-0.3, -0.25) is 4.90 Å². The van der Waals surface area contributed by atoms with Gasteiger partial charge in [0.25, 0.3) is 0 Å². The first-order chi connectivity index (χ1) is 15.2. The molecule has 5 rings (SSSR count). The summed E-state index contributed by atoms with van der Waals surface area (Å²) in [5.41, 5.74) is 4.40. The Morgan fingerprint density at radius 3 is 2.68 bits per heavy atom. The van der Waals surface area contributed by atoms with E-state index < -0.39 is 0 Å². The molecule has 0 fully saturated rings. The summed E-state index contributed by atoms with van der Waals surface area (Å²) in [5, 5.41) is 5.43. The van der Waals surface area contributed by atoms with Gasteiger partial charge in [-0.25, -0.2) is 9.97 Å². The van der Waals surface area contributed by atoms with E-state index in [9.17, 15) is 0 Å². The summed E-state index contributed by atoms with van der Waals surface area (Å²) in [6.07, 6.45) is 6.47. The van der Waals surface area contributed by atoms with Crippen molar-refractivity contribution in [1.29, 1.82) is 0 Å². The molecule has 0 bridgehead atoms. The molecule has 31 heavy (non-hydrogen) atoms. The predicted octanol–water partition coefficient (Wildman–Crippen LogP) is 3.68. The number of fused-ring (bicyclic) bond motifs is 2. The zero-order valence-corrected chi connectivity index (χ0v) is 18.5. The van der Waals surface area contributed by atoms with Crippen LogP contribution in [0.1, 0.15) is 16.7 Å². The van der Waals surface area contributed by atoms with Crippen molar-refractivity contribution < 1.29 is 13.9 Å². The second-order valence-electron chi connectivity index (χ2n) is 7.35. The van der Waals surface area contributed by atoms with Gasteiger partial charge in [-0.1, -0.05) is 11.8 Å². The number of hydrogen-bond acceptors (Lipinski definition) is 8. The summed E-state index contributed by atoms with van der Waals surface area (Å²) >= 11 is 1.54. The van der Waals surface area contributed by atoms with Crippen molar-refractivity contribution >= 4 is 17.4 Å². The minimum atomic E-state index is 0.565. The lowest BCUT2D eigenvalue weighted by molar-refractivity contribution is 0.244. The molecule has 0 N–H and O–H groups in total. The van der Waals surface area contributed by atoms with Crippen molar-refractivity contribution in [3.8, 4) is 23.1 Å². The monoisotopic (exact) mass is 437 g/mol. The predicted molar refractivity (Wildman–Crippen MR) is 118 cm³/mol. The van der Waals surface area contributed by atoms with E-state index in [1.165, 1.54) is 11.1 Å². The van der Waals surface area contributed by atoms with Crippen LogP contribution < -0.4 is 9.47 Å². The van der Waals surface area contributed by atoms with Gasteiger partial charge in [0.2, 0.25) is 5.82 Å². The van der Waals surface area contributed by atoms with E-state index in [1.54, 1.807) is 32.2 Å². The van der Waals surface area contributed by atoms with Gasteiger partial charge in [0, 0.05) is 31.4 Å². The number of ether oxygens (including phenoxy) is 2. The highest BCUT2D eigenvalue weighted by Crippen LogP contribution is 2.34. The van der Waals surface area contributed by atoms with Crippen LogP contribution in [0.5, 0.6) is 11.5 Å². The van der Waals surface area contributed by atoms with Crippen molar-refractivity contribution in [2.45, 2.75) is 24.7 Å². The molecule has 0 amide bonds. The third-order valence-electron chi connectivity index (χ3n) is 5.52. The maximum Gasteiger partial charge on any atom is 0.218 e. The molecule has 1 aliphatic rings. The van der Waals surface area contributed by atoms with Crippen LogP contribution in [0.3, 0.4) is 0 Å². The maximum absolute atomic E-state index is 5.49. The van der Waals surface area contributed by atoms with Crippen LogP contribution in [-0.4, -0.2) is 51.5 Å². The molecule has 0 aliphatic carbocycles. The highest BCUT2D eigenvalue weighted by atomic mass is 32.2. The third-order valence-corrected chi connectivity index (χ3v) is 6.17. The lowest BCUT2D eigenvalue weighted by atomic mass is 9.98. The lowest BCUT2D eigenvalue weighted by Crippen LogP contribution is -2.30. The van der Waals surface area contributed by atoms with E-state index in [0.717, 1.165) is 53.9 Å². The van der Waals surface area contributed by atoms with Gasteiger partial charge in [0.1, 0.15) is 0 Å². The molecule has 0 radical (unpaired) electrons. The van der Waals surface area contributed by atoms with Crippen LogP contribution in [0, 0.1) is 0 Å². The third kappa shape index (κ3) is 3.64. The fourth-order valence-electron chi connectivity index (χ4n) is 3.98. The molecule has 160 valence electrons. The van der Waals surface area contributed by atoms with Gasteiger partial charge in [-0.2, -0.15) is 4.52 Å². The fourth-order valence-corrected chi connectivity index (χ4v) is 4.44. The molecule has 8 nitrogen and oxygen atoms in total. The zero-order valence-electron chi connectivity index (χ0n) is 17.7. The van der Waals surface area contributed by atoms with Gasteiger partial charge in [-0.15, -0.1) is 5.10 Å². The highest BCUT2D eigenvalue weighted by molar-refractivity contribution is 7.98. The quantitative estimate of drug-likeness (QED) is 0.334. The summed E-state index contributed by atoms with van der Waals surface area (Å²) in [5.74, 6) is 2.75. The first kappa shape index (κ1) is 19.9. The summed E-state index contributed by atoms with van der Waals surface area (Å²) < 4.78 is 18.2. The summed E-state index contributed by atoms with van der Waals surface area (Å²) in [6.45, 7) is 2.50. The molecule has 0 spiro atoms. The van der Waals surface area contributed by atoms with Crippen LogP contribution in [0.15, 0.2) is 46.3 Å². The van der Waals surface area contributed by atoms with E-state index in [1.807, 2.05) is 29.1 Å². The van der Waals surface area contributed by atoms with E-state index in [2.05, 4.69) is 27.1 Å². The molecule has 0 atom stereocenters. The number of methoxy groups -OCH3 is 2. The average Bonchev–Trinajstić information content (AvgIpc) is 3.48. The Bertz CT molecular complexity index is 1220. The topological polar surface area (TPSA) is 77.9 Å². The SMILES string of the molecule is COc1cc2c(cc1OC)CN(Cc1cnc(SC)n3nc(-c4ccco4)nc13)CC2. The van der Waals surface area contributed by atoms with Gasteiger partial charge in [0.15, 0.2) is 28.1 Å². The largest absolute Gasteiger partial charge is 0.493 e. The Balaban J connectivity index is 1.46. The number of aromatic nitrogens is 4. The molecule has 1 aromatic carbocycles. The second-order valence-corrected chi connectivity index (χ2v) is 8.13. The minimum absolute atomic E-state index is 0.565. The van der Waals surface area contributed by atoms with E-state index in [-0.39, 0.29) is 0 Å². The number of rotatable bonds is 6. The number of benzene rings is 1. The van der Waals surface area contributed by atoms with Gasteiger partial charge in [0.05, 0.1) is 20.5 Å². The molecule has 4 aromatic rings. The Morgan fingerprint density at radius 2 is 1.97 bits per heavy atom. The Hall–Kier alpha value is -3.04. The molecule has 4 heterocycles. The van der Waals surface area contributed by atoms with E-state index >= 15 is 0 Å². The van der Waals surface area contributed by atoms with Crippen molar-refractivity contribution in [1.82, 2.24) is 24.5 Å². The van der Waals surface area contributed by atoms with Crippen LogP contribution in [0.2, 0.25) is 0 Å². The number of hydrogen-bond donors (Lipinski definition) is 0. The Labute approximate surface area is 184 Å². The molecular weight excluding hydrogens is 414 g/mol. The van der Waals surface area contributed by atoms with Crippen LogP contribution in [0.4, 0.5) is 0 Å². The van der Waals surface area contributed by atoms with Crippen molar-refractivity contribution in [3.05, 3.63) is 53.4 Å². The molecule has 0 saturated carbocycles. The van der Waals surface area contributed by atoms with Crippen molar-refractivity contribution in [3.63, 3.8) is 0 Å². The van der Waals surface area contributed by atoms with Crippen molar-refractivity contribution in [2.75, 3.05) is 27.0 Å². The number of nitrogens with zero attached hydrogens (tertiary/aromatic N) is 5. The van der Waals surface area contributed by atoms with E-state index in [0.29, 0.717) is 11.6 Å². The molecule has 0 unspecified atom stereocenters. The minimum Gasteiger partial charge on any atom is -0.493 e. The summed E-state index contributed by atoms with van der Waals surface area (Å²) in [6, 6.07) is 7.87. The van der Waals surface area contributed by atoms with Gasteiger partial charge in [-0.05, 0) is 48.1 Å². The fraction of sp³-hybridized carbons (Fsp3) is 0.318. The standard InChI is InChI=1S/C22H23N5O3S/c1-28-18-9-14-6-7-26(12-15(14)10-19(18)29-2)13-16-11-23-22(31-3)27-21(16)24-20(25-27)17-5-4-8-30-17/h4-5,8-11H,6-7,12-13H2,1-3H3. The van der Waals surface area contributed by atoms with Crippen LogP contribution in [-0.2, 0) is 19.5 Å². The van der Waals surface area contributed by atoms with E-state index in [4.69, 9.17) is 18.9 Å². The second kappa shape index (κ2) is 8.24. The molecule has 0 saturated heterocycles. The smallest absolute Gasteiger partial charge is 0.218 e. The lowest BCUT2D eigenvalue weighted by Gasteiger charge is -2.29. The molecular formula is C22H23N5O3S. The summed E-state index contributed by atoms with van der Waals surface area (Å²) in [7, 11) is 3.34. The normalized spacial score (nSPS) is 14.0. The maximum atomic E-state index is 5.49. The van der Waals surface area contributed by atoms with Crippen LogP contribution in [0.25, 0.3) is 17.2 Å². The molecule has 3 aromatic heterocycles. The number of thioether (sulfide) groups is 1. The summed E-state index contributed by atoms with van der Waals surface area (Å²) in [4.78, 5) is 11.8. The Kier molecular flexibility index (Phi) is 5.29. The molecule has 9 heteroatoms. The first-order valence-electron chi connectivity index (χ1n) is 9.98. The highest BCUT2D eigenvalue weighted by Gasteiger charge is 2.22. The van der Waals surface area contributed by atoms with Crippen molar-refractivity contribution in [2.24, 2.45) is 0 Å². The van der Waals surface area contributed by atoms with Gasteiger partial charge < -0.3 is 13.9 Å². The Morgan fingerprint density at radius 1 is 1.16 bits per heavy atom. The zero-order chi connectivity index (χ0) is 21.4. The van der Waals surface area contributed by atoms with Gasteiger partial charge >= 0.3 is 0 Å². The van der Waals surface area contributed by atoms with Crippen LogP contribution >= 0.6 is 11.8 Å². The average molecular weight is 438 g/mol. The first-order valence-corrected chi connectivity index (χ1v) is 11.2.